The Kier molecular flexibility index (Phi) is 4.22. The molecule has 0 fully saturated rings. The van der Waals surface area contributed by atoms with Gasteiger partial charge in [0.1, 0.15) is 5.75 Å². The number of ether oxygens (including phenoxy) is 1. The molecule has 0 amide bonds. The summed E-state index contributed by atoms with van der Waals surface area (Å²) in [6, 6.07) is 11.8. The molecule has 7 nitrogen and oxygen atoms in total. The van der Waals surface area contributed by atoms with Crippen molar-refractivity contribution in [1.29, 1.82) is 0 Å². The quantitative estimate of drug-likeness (QED) is 0.549. The summed E-state index contributed by atoms with van der Waals surface area (Å²) in [5.74, 6) is 1.28. The predicted molar refractivity (Wildman–Crippen MR) is 112 cm³/mol. The van der Waals surface area contributed by atoms with Crippen molar-refractivity contribution in [2.75, 3.05) is 12.4 Å². The first-order valence-electron chi connectivity index (χ1n) is 9.27. The molecular formula is C22H19N5O2. The van der Waals surface area contributed by atoms with Crippen LogP contribution in [-0.2, 0) is 13.2 Å². The minimum absolute atomic E-state index is 0.109. The van der Waals surface area contributed by atoms with E-state index in [1.165, 1.54) is 5.56 Å². The Bertz CT molecular complexity index is 1250. The minimum Gasteiger partial charge on any atom is -0.496 e. The third-order valence-corrected chi connectivity index (χ3v) is 5.02. The second-order valence-electron chi connectivity index (χ2n) is 6.83. The molecule has 0 radical (unpaired) electrons. The third kappa shape index (κ3) is 3.11. The van der Waals surface area contributed by atoms with E-state index in [1.807, 2.05) is 41.2 Å². The smallest absolute Gasteiger partial charge is 0.180 e. The summed E-state index contributed by atoms with van der Waals surface area (Å²) in [5, 5.41) is 12.9. The van der Waals surface area contributed by atoms with Crippen molar-refractivity contribution in [3.8, 4) is 17.0 Å². The number of anilines is 2. The molecule has 29 heavy (non-hydrogen) atoms. The van der Waals surface area contributed by atoms with Crippen molar-refractivity contribution < 1.29 is 9.84 Å². The minimum atomic E-state index is -0.109. The van der Waals surface area contributed by atoms with Gasteiger partial charge in [-0.05, 0) is 35.4 Å². The first kappa shape index (κ1) is 17.4. The molecule has 7 heteroatoms. The molecule has 0 saturated carbocycles. The van der Waals surface area contributed by atoms with Gasteiger partial charge in [0, 0.05) is 41.6 Å². The van der Waals surface area contributed by atoms with Crippen LogP contribution in [0.1, 0.15) is 16.7 Å². The number of imidazole rings is 1. The molecule has 0 spiro atoms. The Morgan fingerprint density at radius 3 is 3.00 bits per heavy atom. The summed E-state index contributed by atoms with van der Waals surface area (Å²) >= 11 is 0. The van der Waals surface area contributed by atoms with Gasteiger partial charge >= 0.3 is 0 Å². The maximum atomic E-state index is 9.60. The molecule has 1 aliphatic heterocycles. The Balaban J connectivity index is 1.56. The Labute approximate surface area is 167 Å². The number of rotatable bonds is 5. The molecule has 0 unspecified atom stereocenters. The van der Waals surface area contributed by atoms with Gasteiger partial charge in [-0.3, -0.25) is 4.99 Å². The lowest BCUT2D eigenvalue weighted by molar-refractivity contribution is 0.274. The van der Waals surface area contributed by atoms with Gasteiger partial charge in [-0.2, -0.15) is 0 Å². The van der Waals surface area contributed by atoms with E-state index in [-0.39, 0.29) is 6.61 Å². The summed E-state index contributed by atoms with van der Waals surface area (Å²) in [6.45, 7) is 0.597. The molecule has 144 valence electrons. The van der Waals surface area contributed by atoms with Crippen molar-refractivity contribution >= 4 is 23.4 Å². The number of aromatic nitrogens is 3. The molecular weight excluding hydrogens is 366 g/mol. The van der Waals surface area contributed by atoms with E-state index < -0.39 is 0 Å². The standard InChI is InChI=1S/C22H19N5O2/c1-29-20-5-4-18(9-17(20)13-28)25-21-22-24-6-7-27(22)12-19(26-21)14-2-3-15-10-23-11-16(15)8-14/h2-10,12,28H,11,13H2,1H3,(H,25,26). The number of hydrogen-bond donors (Lipinski definition) is 2. The number of methoxy groups -OCH3 is 1. The second-order valence-corrected chi connectivity index (χ2v) is 6.83. The van der Waals surface area contributed by atoms with Crippen LogP contribution in [0, 0.1) is 0 Å². The number of benzene rings is 2. The first-order valence-corrected chi connectivity index (χ1v) is 9.27. The topological polar surface area (TPSA) is 84.0 Å². The average molecular weight is 385 g/mol. The van der Waals surface area contributed by atoms with Crippen LogP contribution < -0.4 is 10.1 Å². The normalized spacial score (nSPS) is 12.3. The zero-order chi connectivity index (χ0) is 19.8. The highest BCUT2D eigenvalue weighted by Gasteiger charge is 2.13. The number of aliphatic hydroxyl groups is 1. The van der Waals surface area contributed by atoms with E-state index in [2.05, 4.69) is 33.5 Å². The Hall–Kier alpha value is -3.71. The molecule has 3 heterocycles. The fourth-order valence-electron chi connectivity index (χ4n) is 3.54. The molecule has 4 aromatic rings. The van der Waals surface area contributed by atoms with Crippen LogP contribution >= 0.6 is 0 Å². The predicted octanol–water partition coefficient (Wildman–Crippen LogP) is 3.57. The lowest BCUT2D eigenvalue weighted by Gasteiger charge is -2.13. The number of hydrogen-bond acceptors (Lipinski definition) is 6. The van der Waals surface area contributed by atoms with Gasteiger partial charge in [0.25, 0.3) is 0 Å². The fourth-order valence-corrected chi connectivity index (χ4v) is 3.54. The fraction of sp³-hybridized carbons (Fsp3) is 0.136. The van der Waals surface area contributed by atoms with Crippen LogP contribution in [0.4, 0.5) is 11.5 Å². The van der Waals surface area contributed by atoms with Gasteiger partial charge in [0.2, 0.25) is 0 Å². The highest BCUT2D eigenvalue weighted by molar-refractivity contribution is 5.86. The van der Waals surface area contributed by atoms with Crippen LogP contribution in [0.15, 0.2) is 60.0 Å². The van der Waals surface area contributed by atoms with E-state index in [0.29, 0.717) is 23.7 Å². The maximum absolute atomic E-state index is 9.60. The van der Waals surface area contributed by atoms with Gasteiger partial charge < -0.3 is 19.6 Å². The molecule has 2 aromatic heterocycles. The van der Waals surface area contributed by atoms with Crippen LogP contribution in [0.2, 0.25) is 0 Å². The van der Waals surface area contributed by atoms with Gasteiger partial charge in [-0.25, -0.2) is 9.97 Å². The Morgan fingerprint density at radius 2 is 2.14 bits per heavy atom. The lowest BCUT2D eigenvalue weighted by Crippen LogP contribution is -2.02. The van der Waals surface area contributed by atoms with Crippen LogP contribution in [0.5, 0.6) is 5.75 Å². The van der Waals surface area contributed by atoms with Crippen molar-refractivity contribution in [3.05, 3.63) is 71.7 Å². The van der Waals surface area contributed by atoms with Gasteiger partial charge in [0.05, 0.1) is 26.0 Å². The SMILES string of the molecule is COc1ccc(Nc2nc(-c3ccc4c(c3)CN=C4)cn3ccnc23)cc1CO. The number of aliphatic imine (C=N–C) groups is 1. The second kappa shape index (κ2) is 7.03. The summed E-state index contributed by atoms with van der Waals surface area (Å²) in [4.78, 5) is 13.6. The van der Waals surface area contributed by atoms with Crippen LogP contribution in [0.25, 0.3) is 16.9 Å². The molecule has 0 bridgehead atoms. The number of fused-ring (bicyclic) bond motifs is 2. The number of nitrogens with one attached hydrogen (secondary N) is 1. The van der Waals surface area contributed by atoms with Gasteiger partial charge in [-0.1, -0.05) is 12.1 Å². The van der Waals surface area contributed by atoms with E-state index >= 15 is 0 Å². The molecule has 5 rings (SSSR count). The number of nitrogens with zero attached hydrogens (tertiary/aromatic N) is 4. The van der Waals surface area contributed by atoms with E-state index in [4.69, 9.17) is 9.72 Å². The van der Waals surface area contributed by atoms with Crippen LogP contribution in [0.3, 0.4) is 0 Å². The van der Waals surface area contributed by atoms with Crippen molar-refractivity contribution in [2.45, 2.75) is 13.2 Å². The van der Waals surface area contributed by atoms with E-state index in [9.17, 15) is 5.11 Å². The van der Waals surface area contributed by atoms with Gasteiger partial charge in [-0.15, -0.1) is 0 Å². The van der Waals surface area contributed by atoms with Gasteiger partial charge in [0.15, 0.2) is 11.5 Å². The molecule has 2 aromatic carbocycles. The summed E-state index contributed by atoms with van der Waals surface area (Å²) < 4.78 is 7.23. The van der Waals surface area contributed by atoms with E-state index in [0.717, 1.165) is 28.2 Å². The first-order chi connectivity index (χ1) is 14.2. The largest absolute Gasteiger partial charge is 0.496 e. The lowest BCUT2D eigenvalue weighted by atomic mass is 10.0. The number of aliphatic hydroxyl groups excluding tert-OH is 1. The molecule has 0 saturated heterocycles. The van der Waals surface area contributed by atoms with Crippen molar-refractivity contribution in [2.24, 2.45) is 4.99 Å². The van der Waals surface area contributed by atoms with Crippen molar-refractivity contribution in [1.82, 2.24) is 14.4 Å². The van der Waals surface area contributed by atoms with Crippen molar-refractivity contribution in [3.63, 3.8) is 0 Å². The average Bonchev–Trinajstić information content (AvgIpc) is 3.42. The zero-order valence-electron chi connectivity index (χ0n) is 15.8. The van der Waals surface area contributed by atoms with Crippen LogP contribution in [-0.4, -0.2) is 32.8 Å². The summed E-state index contributed by atoms with van der Waals surface area (Å²) in [6.07, 6.45) is 7.52. The zero-order valence-corrected chi connectivity index (χ0v) is 15.8. The monoisotopic (exact) mass is 385 g/mol. The molecule has 0 aliphatic carbocycles. The third-order valence-electron chi connectivity index (χ3n) is 5.02. The highest BCUT2D eigenvalue weighted by atomic mass is 16.5. The maximum Gasteiger partial charge on any atom is 0.180 e. The Morgan fingerprint density at radius 1 is 1.21 bits per heavy atom. The molecule has 0 atom stereocenters. The highest BCUT2D eigenvalue weighted by Crippen LogP contribution is 2.29. The molecule has 2 N–H and O–H groups in total. The summed E-state index contributed by atoms with van der Waals surface area (Å²) in [5.41, 5.74) is 6.44. The summed E-state index contributed by atoms with van der Waals surface area (Å²) in [7, 11) is 1.59. The van der Waals surface area contributed by atoms with E-state index in [1.54, 1.807) is 13.3 Å². The molecule has 1 aliphatic rings.